The zero-order valence-corrected chi connectivity index (χ0v) is 16.8. The molecular weight excluding hydrogens is 390 g/mol. The number of benzene rings is 1. The van der Waals surface area contributed by atoms with Crippen LogP contribution in [0.25, 0.3) is 17.0 Å². The molecule has 1 aromatic carbocycles. The Labute approximate surface area is 172 Å². The highest BCUT2D eigenvalue weighted by Crippen LogP contribution is 2.18. The second-order valence-corrected chi connectivity index (χ2v) is 7.17. The van der Waals surface area contributed by atoms with Gasteiger partial charge >= 0.3 is 0 Å². The molecule has 1 unspecified atom stereocenters. The van der Waals surface area contributed by atoms with Crippen molar-refractivity contribution in [1.82, 2.24) is 34.9 Å². The molecule has 3 heterocycles. The number of hydrogen-bond acceptors (Lipinski definition) is 5. The predicted octanol–water partition coefficient (Wildman–Crippen LogP) is 3.22. The summed E-state index contributed by atoms with van der Waals surface area (Å²) < 4.78 is 1.95. The monoisotopic (exact) mass is 409 g/mol. The Bertz CT molecular complexity index is 1150. The maximum atomic E-state index is 12.7. The third-order valence-corrected chi connectivity index (χ3v) is 4.92. The number of pyridine rings is 1. The van der Waals surface area contributed by atoms with Gasteiger partial charge in [-0.05, 0) is 54.5 Å². The van der Waals surface area contributed by atoms with Crippen LogP contribution in [-0.2, 0) is 11.3 Å². The first-order valence-corrected chi connectivity index (χ1v) is 9.69. The fourth-order valence-corrected chi connectivity index (χ4v) is 3.24. The van der Waals surface area contributed by atoms with Gasteiger partial charge in [-0.15, -0.1) is 10.2 Å². The van der Waals surface area contributed by atoms with Crippen LogP contribution < -0.4 is 5.32 Å². The van der Waals surface area contributed by atoms with Crippen LogP contribution in [0.5, 0.6) is 0 Å². The number of hydrogen-bond donors (Lipinski definition) is 1. The smallest absolute Gasteiger partial charge is 0.247 e. The molecule has 4 rings (SSSR count). The van der Waals surface area contributed by atoms with Crippen LogP contribution in [0.4, 0.5) is 0 Å². The van der Waals surface area contributed by atoms with E-state index < -0.39 is 6.04 Å². The number of carbonyl (C=O) groups is 1. The molecule has 0 spiro atoms. The van der Waals surface area contributed by atoms with Crippen molar-refractivity contribution < 1.29 is 4.79 Å². The molecule has 0 saturated heterocycles. The molecule has 29 heavy (non-hydrogen) atoms. The fourth-order valence-electron chi connectivity index (χ4n) is 3.11. The van der Waals surface area contributed by atoms with Gasteiger partial charge in [0.15, 0.2) is 6.04 Å². The minimum absolute atomic E-state index is 0.179. The Kier molecular flexibility index (Phi) is 5.26. The molecule has 4 aromatic rings. The van der Waals surface area contributed by atoms with Gasteiger partial charge in [0, 0.05) is 23.0 Å². The Morgan fingerprint density at radius 1 is 1.24 bits per heavy atom. The maximum absolute atomic E-state index is 12.7. The molecule has 0 radical (unpaired) electrons. The fraction of sp³-hybridized carbons (Fsp3) is 0.250. The van der Waals surface area contributed by atoms with Gasteiger partial charge < -0.3 is 9.72 Å². The molecule has 1 amide bonds. The van der Waals surface area contributed by atoms with Crippen molar-refractivity contribution in [3.05, 3.63) is 65.1 Å². The van der Waals surface area contributed by atoms with Crippen LogP contribution in [0.15, 0.2) is 48.8 Å². The first-order valence-electron chi connectivity index (χ1n) is 9.31. The lowest BCUT2D eigenvalue weighted by molar-refractivity contribution is -0.125. The highest BCUT2D eigenvalue weighted by Gasteiger charge is 2.22. The highest BCUT2D eigenvalue weighted by molar-refractivity contribution is 6.30. The largest absolute Gasteiger partial charge is 0.348 e. The van der Waals surface area contributed by atoms with Gasteiger partial charge in [0.25, 0.3) is 0 Å². The summed E-state index contributed by atoms with van der Waals surface area (Å²) >= 11 is 5.92. The molecule has 1 N–H and O–H groups in total. The molecule has 9 heteroatoms. The minimum Gasteiger partial charge on any atom is -0.348 e. The molecule has 0 aliphatic rings. The topological polar surface area (TPSA) is 90.0 Å². The van der Waals surface area contributed by atoms with E-state index in [1.165, 1.54) is 4.80 Å². The van der Waals surface area contributed by atoms with E-state index in [0.717, 1.165) is 22.5 Å². The first kappa shape index (κ1) is 19.1. The maximum Gasteiger partial charge on any atom is 0.247 e. The van der Waals surface area contributed by atoms with E-state index >= 15 is 0 Å². The lowest BCUT2D eigenvalue weighted by Gasteiger charge is -2.12. The van der Waals surface area contributed by atoms with Crippen molar-refractivity contribution in [2.24, 2.45) is 0 Å². The van der Waals surface area contributed by atoms with Crippen molar-refractivity contribution in [3.8, 4) is 11.4 Å². The van der Waals surface area contributed by atoms with E-state index in [2.05, 4.69) is 25.7 Å². The number of rotatable bonds is 6. The summed E-state index contributed by atoms with van der Waals surface area (Å²) in [7, 11) is 0. The number of carbonyl (C=O) groups excluding carboxylic acids is 1. The highest BCUT2D eigenvalue weighted by atomic mass is 35.5. The average Bonchev–Trinajstić information content (AvgIpc) is 3.36. The molecule has 0 aliphatic carbocycles. The Balaban J connectivity index is 1.46. The predicted molar refractivity (Wildman–Crippen MR) is 109 cm³/mol. The summed E-state index contributed by atoms with van der Waals surface area (Å²) in [5.41, 5.74) is 3.54. The van der Waals surface area contributed by atoms with Gasteiger partial charge in [0.05, 0.1) is 12.2 Å². The number of nitrogens with one attached hydrogen (secondary N) is 1. The number of tetrazole rings is 1. The molecule has 0 saturated carbocycles. The van der Waals surface area contributed by atoms with Gasteiger partial charge in [-0.2, -0.15) is 4.80 Å². The summed E-state index contributed by atoms with van der Waals surface area (Å²) in [5.74, 6) is 0.269. The summed E-state index contributed by atoms with van der Waals surface area (Å²) in [6.45, 7) is 4.24. The quantitative estimate of drug-likeness (QED) is 0.528. The average molecular weight is 410 g/mol. The van der Waals surface area contributed by atoms with E-state index in [0.29, 0.717) is 23.8 Å². The van der Waals surface area contributed by atoms with Gasteiger partial charge in [0.1, 0.15) is 5.65 Å². The third-order valence-electron chi connectivity index (χ3n) is 4.67. The van der Waals surface area contributed by atoms with Crippen molar-refractivity contribution in [2.75, 3.05) is 0 Å². The zero-order valence-electron chi connectivity index (χ0n) is 16.1. The SMILES string of the molecule is CCC(C(=O)NCc1cn2cccc(C)c2n1)n1nnc(-c2ccc(Cl)cc2)n1. The summed E-state index contributed by atoms with van der Waals surface area (Å²) in [6, 6.07) is 10.6. The summed E-state index contributed by atoms with van der Waals surface area (Å²) in [5, 5.41) is 16.1. The Morgan fingerprint density at radius 3 is 2.76 bits per heavy atom. The number of imidazole rings is 1. The standard InChI is InChI=1S/C20H20ClN7O/c1-3-17(28-25-18(24-26-28)14-6-8-15(21)9-7-14)20(29)22-11-16-12-27-10-4-5-13(2)19(27)23-16/h4-10,12,17H,3,11H2,1-2H3,(H,22,29). The van der Waals surface area contributed by atoms with Crippen molar-refractivity contribution in [3.63, 3.8) is 0 Å². The lowest BCUT2D eigenvalue weighted by atomic mass is 10.2. The summed E-state index contributed by atoms with van der Waals surface area (Å²) in [6.07, 6.45) is 4.38. The molecule has 0 aliphatic heterocycles. The van der Waals surface area contributed by atoms with Gasteiger partial charge in [-0.1, -0.05) is 24.6 Å². The zero-order chi connectivity index (χ0) is 20.4. The third kappa shape index (κ3) is 3.97. The van der Waals surface area contributed by atoms with E-state index in [-0.39, 0.29) is 5.91 Å². The first-order chi connectivity index (χ1) is 14.0. The second-order valence-electron chi connectivity index (χ2n) is 6.74. The number of amides is 1. The van der Waals surface area contributed by atoms with Crippen LogP contribution >= 0.6 is 11.6 Å². The molecule has 0 fully saturated rings. The summed E-state index contributed by atoms with van der Waals surface area (Å²) in [4.78, 5) is 18.7. The molecule has 3 aromatic heterocycles. The van der Waals surface area contributed by atoms with E-state index in [4.69, 9.17) is 11.6 Å². The van der Waals surface area contributed by atoms with Crippen molar-refractivity contribution in [2.45, 2.75) is 32.9 Å². The van der Waals surface area contributed by atoms with Gasteiger partial charge in [-0.25, -0.2) is 4.98 Å². The second kappa shape index (κ2) is 8.00. The van der Waals surface area contributed by atoms with Crippen molar-refractivity contribution >= 4 is 23.2 Å². The normalized spacial score (nSPS) is 12.2. The molecule has 8 nitrogen and oxygen atoms in total. The van der Waals surface area contributed by atoms with Crippen LogP contribution in [0.2, 0.25) is 5.02 Å². The van der Waals surface area contributed by atoms with Crippen molar-refractivity contribution in [1.29, 1.82) is 0 Å². The number of nitrogens with zero attached hydrogens (tertiary/aromatic N) is 6. The van der Waals surface area contributed by atoms with Crippen LogP contribution in [0.1, 0.15) is 30.6 Å². The molecule has 1 atom stereocenters. The number of fused-ring (bicyclic) bond motifs is 1. The van der Waals surface area contributed by atoms with Crippen LogP contribution in [0, 0.1) is 6.92 Å². The van der Waals surface area contributed by atoms with Crippen LogP contribution in [-0.4, -0.2) is 35.5 Å². The minimum atomic E-state index is -0.553. The van der Waals surface area contributed by atoms with Gasteiger partial charge in [0.2, 0.25) is 11.7 Å². The Morgan fingerprint density at radius 2 is 2.03 bits per heavy atom. The van der Waals surface area contributed by atoms with E-state index in [9.17, 15) is 4.79 Å². The lowest BCUT2D eigenvalue weighted by Crippen LogP contribution is -2.33. The number of aryl methyl sites for hydroxylation is 1. The molecule has 0 bridgehead atoms. The molecule has 148 valence electrons. The van der Waals surface area contributed by atoms with E-state index in [1.807, 2.05) is 54.9 Å². The van der Waals surface area contributed by atoms with Gasteiger partial charge in [-0.3, -0.25) is 4.79 Å². The Hall–Kier alpha value is -3.26. The number of aromatic nitrogens is 6. The van der Waals surface area contributed by atoms with Crippen LogP contribution in [0.3, 0.4) is 0 Å². The molecular formula is C20H20ClN7O. The number of halogens is 1. The van der Waals surface area contributed by atoms with E-state index in [1.54, 1.807) is 12.1 Å².